The molecule has 1 fully saturated rings. The smallest absolute Gasteiger partial charge is 0.400 e. The molecule has 0 aliphatic carbocycles. The summed E-state index contributed by atoms with van der Waals surface area (Å²) in [5.74, 6) is 2.10. The molecule has 0 spiro atoms. The zero-order valence-electron chi connectivity index (χ0n) is 18.9. The van der Waals surface area contributed by atoms with Crippen molar-refractivity contribution in [2.75, 3.05) is 0 Å². The summed E-state index contributed by atoms with van der Waals surface area (Å²) in [6.07, 6.45) is 2.28. The molecule has 0 saturated carbocycles. The van der Waals surface area contributed by atoms with Gasteiger partial charge in [-0.25, -0.2) is 0 Å². The second kappa shape index (κ2) is 8.62. The van der Waals surface area contributed by atoms with Crippen molar-refractivity contribution >= 4 is 30.8 Å². The number of rotatable bonds is 6. The van der Waals surface area contributed by atoms with Crippen molar-refractivity contribution in [3.05, 3.63) is 103 Å². The van der Waals surface area contributed by atoms with Crippen LogP contribution < -0.4 is 15.6 Å². The zero-order valence-corrected chi connectivity index (χ0v) is 19.9. The Morgan fingerprint density at radius 3 is 1.35 bits per heavy atom. The first kappa shape index (κ1) is 21.8. The van der Waals surface area contributed by atoms with Crippen LogP contribution in [0.3, 0.4) is 0 Å². The van der Waals surface area contributed by atoms with Crippen molar-refractivity contribution in [3.8, 4) is 0 Å². The third-order valence-corrected chi connectivity index (χ3v) is 11.6. The van der Waals surface area contributed by atoms with Crippen LogP contribution in [0.4, 0.5) is 0 Å². The van der Waals surface area contributed by atoms with E-state index in [1.165, 1.54) is 15.6 Å². The van der Waals surface area contributed by atoms with Gasteiger partial charge in [-0.15, -0.1) is 0 Å². The Bertz CT molecular complexity index is 904. The normalized spacial score (nSPS) is 17.9. The molecule has 0 amide bonds. The van der Waals surface area contributed by atoms with Gasteiger partial charge in [0.2, 0.25) is 0 Å². The molecule has 0 bridgehead atoms. The summed E-state index contributed by atoms with van der Waals surface area (Å²) in [7, 11) is -2.59. The molecule has 0 N–H and O–H groups in total. The molecule has 1 aliphatic heterocycles. The standard InChI is InChI=1S/C27H31BO2Si/c1-26(2)27(3,4)30-28(29-26)21-14-22-31(23-15-8-5-9-16-23,24-17-10-6-11-18-24)25-19-12-7-13-20-25/h5-21H,22H2,1-4H3/b21-14+. The third kappa shape index (κ3) is 4.20. The topological polar surface area (TPSA) is 18.5 Å². The van der Waals surface area contributed by atoms with E-state index in [1.807, 2.05) is 0 Å². The maximum Gasteiger partial charge on any atom is 0.486 e. The van der Waals surface area contributed by atoms with E-state index in [4.69, 9.17) is 9.31 Å². The molecule has 3 aromatic carbocycles. The summed E-state index contributed by atoms with van der Waals surface area (Å²) in [5.41, 5.74) is -0.649. The monoisotopic (exact) mass is 426 g/mol. The van der Waals surface area contributed by atoms with Crippen molar-refractivity contribution < 1.29 is 9.31 Å². The maximum absolute atomic E-state index is 6.20. The fourth-order valence-electron chi connectivity index (χ4n) is 4.34. The van der Waals surface area contributed by atoms with E-state index in [9.17, 15) is 0 Å². The average molecular weight is 426 g/mol. The molecule has 0 atom stereocenters. The summed E-state index contributed by atoms with van der Waals surface area (Å²) in [5, 5.41) is 4.22. The largest absolute Gasteiger partial charge is 0.486 e. The highest BCUT2D eigenvalue weighted by molar-refractivity contribution is 7.11. The predicted octanol–water partition coefficient (Wildman–Crippen LogP) is 4.34. The first-order valence-corrected chi connectivity index (χ1v) is 13.2. The molecule has 158 valence electrons. The van der Waals surface area contributed by atoms with Crippen molar-refractivity contribution in [1.82, 2.24) is 0 Å². The van der Waals surface area contributed by atoms with Gasteiger partial charge in [-0.3, -0.25) is 0 Å². The van der Waals surface area contributed by atoms with Gasteiger partial charge in [-0.1, -0.05) is 103 Å². The summed E-state index contributed by atoms with van der Waals surface area (Å²) in [6, 6.07) is 33.9. The van der Waals surface area contributed by atoms with Gasteiger partial charge in [0.25, 0.3) is 0 Å². The summed E-state index contributed by atoms with van der Waals surface area (Å²) in [6.45, 7) is 8.38. The molecule has 1 aliphatic rings. The highest BCUT2D eigenvalue weighted by atomic mass is 28.3. The Kier molecular flexibility index (Phi) is 6.07. The molecule has 0 unspecified atom stereocenters. The molecular formula is C27H31BO2Si. The van der Waals surface area contributed by atoms with E-state index in [0.29, 0.717) is 0 Å². The minimum atomic E-state index is -2.27. The van der Waals surface area contributed by atoms with E-state index in [-0.39, 0.29) is 18.3 Å². The lowest BCUT2D eigenvalue weighted by Crippen LogP contribution is -2.66. The summed E-state index contributed by atoms with van der Waals surface area (Å²) < 4.78 is 12.4. The molecule has 1 heterocycles. The van der Waals surface area contributed by atoms with Crippen LogP contribution in [0, 0.1) is 0 Å². The van der Waals surface area contributed by atoms with Gasteiger partial charge in [0.15, 0.2) is 8.07 Å². The number of hydrogen-bond donors (Lipinski definition) is 0. The van der Waals surface area contributed by atoms with Crippen LogP contribution in [0.2, 0.25) is 6.04 Å². The Morgan fingerprint density at radius 1 is 0.645 bits per heavy atom. The molecule has 31 heavy (non-hydrogen) atoms. The van der Waals surface area contributed by atoms with E-state index >= 15 is 0 Å². The Labute approximate surface area is 188 Å². The van der Waals surface area contributed by atoms with Gasteiger partial charge >= 0.3 is 7.12 Å². The van der Waals surface area contributed by atoms with E-state index in [0.717, 1.165) is 6.04 Å². The van der Waals surface area contributed by atoms with Crippen LogP contribution in [-0.4, -0.2) is 26.4 Å². The Balaban J connectivity index is 1.76. The quantitative estimate of drug-likeness (QED) is 0.431. The molecular weight excluding hydrogens is 395 g/mol. The molecule has 0 radical (unpaired) electrons. The fourth-order valence-corrected chi connectivity index (χ4v) is 8.83. The predicted molar refractivity (Wildman–Crippen MR) is 134 cm³/mol. The van der Waals surface area contributed by atoms with Crippen molar-refractivity contribution in [2.24, 2.45) is 0 Å². The number of hydrogen-bond acceptors (Lipinski definition) is 2. The molecule has 4 heteroatoms. The van der Waals surface area contributed by atoms with Crippen LogP contribution in [0.5, 0.6) is 0 Å². The Hall–Kier alpha value is -2.40. The first-order valence-electron chi connectivity index (χ1n) is 11.0. The lowest BCUT2D eigenvalue weighted by molar-refractivity contribution is 0.00578. The Morgan fingerprint density at radius 2 is 1.00 bits per heavy atom. The molecule has 3 aromatic rings. The van der Waals surface area contributed by atoms with Gasteiger partial charge in [-0.05, 0) is 49.3 Å². The zero-order chi connectivity index (χ0) is 22.0. The van der Waals surface area contributed by atoms with Crippen molar-refractivity contribution in [2.45, 2.75) is 44.9 Å². The van der Waals surface area contributed by atoms with Gasteiger partial charge in [0.05, 0.1) is 11.2 Å². The average Bonchev–Trinajstić information content (AvgIpc) is 2.99. The fraction of sp³-hybridized carbons (Fsp3) is 0.259. The van der Waals surface area contributed by atoms with Crippen molar-refractivity contribution in [3.63, 3.8) is 0 Å². The highest BCUT2D eigenvalue weighted by Gasteiger charge is 2.50. The molecule has 0 aromatic heterocycles. The third-order valence-electron chi connectivity index (χ3n) is 6.79. The van der Waals surface area contributed by atoms with Crippen LogP contribution in [0.15, 0.2) is 103 Å². The lowest BCUT2D eigenvalue weighted by Gasteiger charge is -2.33. The van der Waals surface area contributed by atoms with E-state index in [2.05, 4.69) is 131 Å². The minimum Gasteiger partial charge on any atom is -0.400 e. The molecule has 2 nitrogen and oxygen atoms in total. The SMILES string of the molecule is CC1(C)OB(/C=C/C[Si](c2ccccc2)(c2ccccc2)c2ccccc2)OC1(C)C. The lowest BCUT2D eigenvalue weighted by atomic mass is 9.90. The van der Waals surface area contributed by atoms with Gasteiger partial charge in [0, 0.05) is 0 Å². The maximum atomic E-state index is 6.20. The minimum absolute atomic E-state index is 0.320. The second-order valence-corrected chi connectivity index (χ2v) is 13.2. The van der Waals surface area contributed by atoms with Gasteiger partial charge in [-0.2, -0.15) is 0 Å². The number of benzene rings is 3. The van der Waals surface area contributed by atoms with Crippen molar-refractivity contribution in [1.29, 1.82) is 0 Å². The summed E-state index contributed by atoms with van der Waals surface area (Å²) in [4.78, 5) is 0. The molecule has 4 rings (SSSR count). The van der Waals surface area contributed by atoms with Crippen LogP contribution >= 0.6 is 0 Å². The summed E-state index contributed by atoms with van der Waals surface area (Å²) >= 11 is 0. The van der Waals surface area contributed by atoms with Crippen LogP contribution in [0.25, 0.3) is 0 Å². The van der Waals surface area contributed by atoms with E-state index < -0.39 is 8.07 Å². The van der Waals surface area contributed by atoms with Crippen LogP contribution in [-0.2, 0) is 9.31 Å². The first-order chi connectivity index (χ1) is 14.9. The van der Waals surface area contributed by atoms with Gasteiger partial charge < -0.3 is 9.31 Å². The van der Waals surface area contributed by atoms with E-state index in [1.54, 1.807) is 0 Å². The molecule has 1 saturated heterocycles. The highest BCUT2D eigenvalue weighted by Crippen LogP contribution is 2.37. The van der Waals surface area contributed by atoms with Gasteiger partial charge in [0.1, 0.15) is 0 Å². The van der Waals surface area contributed by atoms with Crippen LogP contribution in [0.1, 0.15) is 27.7 Å². The number of allylic oxidation sites excluding steroid dienone is 1. The second-order valence-electron chi connectivity index (χ2n) is 9.26.